The van der Waals surface area contributed by atoms with Crippen molar-refractivity contribution in [1.29, 1.82) is 0 Å². The van der Waals surface area contributed by atoms with Crippen LogP contribution in [0.3, 0.4) is 0 Å². The largest absolute Gasteiger partial charge is 0.494 e. The summed E-state index contributed by atoms with van der Waals surface area (Å²) in [6, 6.07) is 0. The van der Waals surface area contributed by atoms with Crippen LogP contribution in [0, 0.1) is 0 Å². The summed E-state index contributed by atoms with van der Waals surface area (Å²) in [5.41, 5.74) is 0. The average Bonchev–Trinajstić information content (AvgIpc) is 2.52. The van der Waals surface area contributed by atoms with Gasteiger partial charge in [-0.1, -0.05) is 31.9 Å². The Morgan fingerprint density at radius 3 is 1.50 bits per heavy atom. The lowest BCUT2D eigenvalue weighted by atomic mass is 10.1. The van der Waals surface area contributed by atoms with Crippen LogP contribution in [-0.2, 0) is 28.5 Å². The third-order valence-corrected chi connectivity index (χ3v) is 3.43. The summed E-state index contributed by atoms with van der Waals surface area (Å²) in [5.74, 6) is -0.998. The van der Waals surface area contributed by atoms with Gasteiger partial charge in [0.15, 0.2) is 0 Å². The summed E-state index contributed by atoms with van der Waals surface area (Å²) in [6.45, 7) is 0. The van der Waals surface area contributed by atoms with E-state index >= 15 is 0 Å². The van der Waals surface area contributed by atoms with Gasteiger partial charge in [-0.25, -0.2) is 9.59 Å². The minimum Gasteiger partial charge on any atom is -0.494 e. The summed E-state index contributed by atoms with van der Waals surface area (Å²) in [4.78, 5) is 22.1. The highest BCUT2D eigenvalue weighted by molar-refractivity contribution is 9.09. The monoisotopic (exact) mass is 442 g/mol. The summed E-state index contributed by atoms with van der Waals surface area (Å²) < 4.78 is 20.1. The van der Waals surface area contributed by atoms with Gasteiger partial charge in [0.25, 0.3) is 0 Å². The number of hydrogen-bond donors (Lipinski definition) is 0. The number of halogens is 2. The molecule has 0 bridgehead atoms. The number of rotatable bonds is 11. The molecule has 0 aliphatic rings. The second-order valence-electron chi connectivity index (χ2n) is 3.96. The fourth-order valence-electron chi connectivity index (χ4n) is 1.43. The summed E-state index contributed by atoms with van der Waals surface area (Å²) >= 11 is 6.70. The molecule has 0 N–H and O–H groups in total. The van der Waals surface area contributed by atoms with Gasteiger partial charge in [-0.05, 0) is 12.8 Å². The van der Waals surface area contributed by atoms with Crippen molar-refractivity contribution < 1.29 is 28.5 Å². The summed E-state index contributed by atoms with van der Waals surface area (Å²) in [5, 5.41) is 1.40. The quantitative estimate of drug-likeness (QED) is 0.211. The minimum absolute atomic E-state index is 0.292. The molecule has 0 amide bonds. The Kier molecular flexibility index (Phi) is 13.0. The van der Waals surface area contributed by atoms with Crippen LogP contribution >= 0.6 is 31.9 Å². The molecule has 2 atom stereocenters. The molecule has 126 valence electrons. The number of alkyl halides is 2. The third-order valence-electron chi connectivity index (χ3n) is 2.52. The second kappa shape index (κ2) is 13.6. The third kappa shape index (κ3) is 9.83. The van der Waals surface area contributed by atoms with Crippen LogP contribution in [0.5, 0.6) is 0 Å². The maximum absolute atomic E-state index is 11.0. The topological polar surface area (TPSA) is 71.1 Å². The molecule has 0 spiro atoms. The van der Waals surface area contributed by atoms with E-state index in [0.717, 1.165) is 0 Å². The molecule has 6 nitrogen and oxygen atoms in total. The van der Waals surface area contributed by atoms with E-state index in [-0.39, 0.29) is 12.2 Å². The van der Waals surface area contributed by atoms with Gasteiger partial charge in [0.1, 0.15) is 12.2 Å². The Hall–Kier alpha value is -1.02. The fourth-order valence-corrected chi connectivity index (χ4v) is 2.33. The van der Waals surface area contributed by atoms with Gasteiger partial charge in [-0.15, -0.1) is 0 Å². The lowest BCUT2D eigenvalue weighted by Crippen LogP contribution is -2.30. The first-order chi connectivity index (χ1) is 10.6. The summed E-state index contributed by atoms with van der Waals surface area (Å²) in [7, 11) is 2.58. The van der Waals surface area contributed by atoms with E-state index in [1.54, 1.807) is 0 Å². The number of esters is 2. The van der Waals surface area contributed by atoms with Crippen molar-refractivity contribution in [2.75, 3.05) is 24.9 Å². The normalized spacial score (nSPS) is 13.8. The highest BCUT2D eigenvalue weighted by Crippen LogP contribution is 2.16. The zero-order valence-corrected chi connectivity index (χ0v) is 15.7. The lowest BCUT2D eigenvalue weighted by molar-refractivity contribution is -0.136. The van der Waals surface area contributed by atoms with Crippen LogP contribution in [-0.4, -0.2) is 49.0 Å². The van der Waals surface area contributed by atoms with E-state index in [2.05, 4.69) is 41.3 Å². The molecule has 0 heterocycles. The predicted molar refractivity (Wildman–Crippen MR) is 88.9 cm³/mol. The van der Waals surface area contributed by atoms with E-state index in [1.165, 1.54) is 38.9 Å². The maximum atomic E-state index is 11.0. The molecule has 0 saturated carbocycles. The molecule has 0 unspecified atom stereocenters. The van der Waals surface area contributed by atoms with E-state index < -0.39 is 11.9 Å². The van der Waals surface area contributed by atoms with Crippen molar-refractivity contribution in [3.05, 3.63) is 24.7 Å². The van der Waals surface area contributed by atoms with Crippen LogP contribution in [0.25, 0.3) is 0 Å². The van der Waals surface area contributed by atoms with Crippen molar-refractivity contribution in [3.8, 4) is 0 Å². The Balaban J connectivity index is 4.70. The van der Waals surface area contributed by atoms with Gasteiger partial charge in [0.05, 0.1) is 38.9 Å². The summed E-state index contributed by atoms with van der Waals surface area (Å²) in [6.07, 6.45) is 5.69. The number of hydrogen-bond acceptors (Lipinski definition) is 6. The van der Waals surface area contributed by atoms with E-state index in [1.807, 2.05) is 0 Å². The standard InChI is InChI=1S/C14H20Br2O6/c1-19-13(17)5-9-21-11(3-7-15)12(4-8-16)22-10-6-14(18)20-2/h5-6,9-12H,3-4,7-8H2,1-2H3/b9-5+,10-6+/t11-,12-/m1/s1. The Bertz CT molecular complexity index is 348. The molecule has 0 aromatic heterocycles. The molecule has 0 aromatic carbocycles. The molecule has 0 aromatic rings. The van der Waals surface area contributed by atoms with Gasteiger partial charge in [-0.3, -0.25) is 0 Å². The lowest BCUT2D eigenvalue weighted by Gasteiger charge is -2.25. The Morgan fingerprint density at radius 2 is 1.23 bits per heavy atom. The van der Waals surface area contributed by atoms with Crippen LogP contribution in [0.2, 0.25) is 0 Å². The Labute approximate surface area is 147 Å². The van der Waals surface area contributed by atoms with Gasteiger partial charge in [0.2, 0.25) is 0 Å². The van der Waals surface area contributed by atoms with Crippen molar-refractivity contribution in [2.45, 2.75) is 25.0 Å². The molecule has 0 fully saturated rings. The first kappa shape index (κ1) is 21.0. The first-order valence-corrected chi connectivity index (χ1v) is 8.75. The molecule has 0 saturated heterocycles. The second-order valence-corrected chi connectivity index (χ2v) is 5.54. The fraction of sp³-hybridized carbons (Fsp3) is 0.571. The highest BCUT2D eigenvalue weighted by Gasteiger charge is 2.22. The van der Waals surface area contributed by atoms with Gasteiger partial charge in [-0.2, -0.15) is 0 Å². The number of methoxy groups -OCH3 is 2. The van der Waals surface area contributed by atoms with Crippen LogP contribution in [0.4, 0.5) is 0 Å². The van der Waals surface area contributed by atoms with Crippen molar-refractivity contribution >= 4 is 43.8 Å². The SMILES string of the molecule is COC(=O)/C=C/O[C@H](CCBr)[C@@H](CCBr)O/C=C/C(=O)OC. The first-order valence-electron chi connectivity index (χ1n) is 6.50. The minimum atomic E-state index is -0.499. The highest BCUT2D eigenvalue weighted by atomic mass is 79.9. The zero-order chi connectivity index (χ0) is 16.8. The van der Waals surface area contributed by atoms with E-state index in [0.29, 0.717) is 23.5 Å². The molecule has 0 aliphatic carbocycles. The maximum Gasteiger partial charge on any atom is 0.333 e. The average molecular weight is 444 g/mol. The smallest absolute Gasteiger partial charge is 0.333 e. The molecule has 8 heteroatoms. The predicted octanol–water partition coefficient (Wildman–Crippen LogP) is 2.70. The number of carbonyl (C=O) groups is 2. The zero-order valence-electron chi connectivity index (χ0n) is 12.5. The number of carbonyl (C=O) groups excluding carboxylic acids is 2. The molecule has 0 rings (SSSR count). The molecule has 0 radical (unpaired) electrons. The molecular weight excluding hydrogens is 424 g/mol. The van der Waals surface area contributed by atoms with Crippen molar-refractivity contribution in [2.24, 2.45) is 0 Å². The van der Waals surface area contributed by atoms with Gasteiger partial charge >= 0.3 is 11.9 Å². The van der Waals surface area contributed by atoms with Gasteiger partial charge < -0.3 is 18.9 Å². The van der Waals surface area contributed by atoms with Gasteiger partial charge in [0, 0.05) is 10.7 Å². The van der Waals surface area contributed by atoms with Crippen molar-refractivity contribution in [1.82, 2.24) is 0 Å². The van der Waals surface area contributed by atoms with E-state index in [4.69, 9.17) is 9.47 Å². The number of ether oxygens (including phenoxy) is 4. The van der Waals surface area contributed by atoms with Crippen LogP contribution in [0.1, 0.15) is 12.8 Å². The van der Waals surface area contributed by atoms with Crippen LogP contribution in [0.15, 0.2) is 24.7 Å². The Morgan fingerprint density at radius 1 is 0.864 bits per heavy atom. The molecular formula is C14H20Br2O6. The molecule has 0 aliphatic heterocycles. The van der Waals surface area contributed by atoms with Crippen molar-refractivity contribution in [3.63, 3.8) is 0 Å². The molecule has 22 heavy (non-hydrogen) atoms. The van der Waals surface area contributed by atoms with Crippen LogP contribution < -0.4 is 0 Å². The van der Waals surface area contributed by atoms with E-state index in [9.17, 15) is 9.59 Å².